The van der Waals surface area contributed by atoms with E-state index in [0.29, 0.717) is 11.8 Å². The molecule has 1 aromatic rings. The Morgan fingerprint density at radius 2 is 1.37 bits per heavy atom. The lowest BCUT2D eigenvalue weighted by Crippen LogP contribution is -2.51. The molecule has 0 fully saturated rings. The molecule has 0 spiro atoms. The second kappa shape index (κ2) is 6.10. The van der Waals surface area contributed by atoms with Crippen molar-refractivity contribution in [3.05, 3.63) is 29.3 Å². The molecule has 0 aliphatic rings. The highest BCUT2D eigenvalue weighted by molar-refractivity contribution is 6.77. The lowest BCUT2D eigenvalue weighted by Gasteiger charge is -2.34. The van der Waals surface area contributed by atoms with Gasteiger partial charge in [0, 0.05) is 5.69 Å². The van der Waals surface area contributed by atoms with Gasteiger partial charge in [0.1, 0.15) is 0 Å². The van der Waals surface area contributed by atoms with Crippen molar-refractivity contribution in [1.82, 2.24) is 4.57 Å². The van der Waals surface area contributed by atoms with Crippen LogP contribution >= 0.6 is 0 Å². The summed E-state index contributed by atoms with van der Waals surface area (Å²) >= 11 is 0. The Bertz CT molecular complexity index is 397. The van der Waals surface area contributed by atoms with Crippen molar-refractivity contribution in [2.75, 3.05) is 19.1 Å². The smallest absolute Gasteiger partial charge is 0.226 e. The maximum absolute atomic E-state index is 3.88. The molecule has 2 nitrogen and oxygen atoms in total. The summed E-state index contributed by atoms with van der Waals surface area (Å²) in [5.74, 6) is 1.10. The van der Waals surface area contributed by atoms with Crippen molar-refractivity contribution in [1.29, 1.82) is 0 Å². The van der Waals surface area contributed by atoms with Crippen LogP contribution in [0.25, 0.3) is 0 Å². The van der Waals surface area contributed by atoms with Gasteiger partial charge < -0.3 is 9.55 Å². The van der Waals surface area contributed by atoms with Crippen LogP contribution < -0.4 is 4.98 Å². The Morgan fingerprint density at radius 3 is 1.68 bits per heavy atom. The topological polar surface area (TPSA) is 15.3 Å². The third kappa shape index (κ3) is 3.83. The van der Waals surface area contributed by atoms with Gasteiger partial charge in [-0.2, -0.15) is 0 Å². The van der Waals surface area contributed by atoms with Gasteiger partial charge in [-0.3, -0.25) is 0 Å². The van der Waals surface area contributed by atoms with Crippen LogP contribution in [0.15, 0.2) is 18.2 Å². The van der Waals surface area contributed by atoms with Crippen LogP contribution in [0.4, 0.5) is 5.69 Å². The van der Waals surface area contributed by atoms with Gasteiger partial charge in [0.2, 0.25) is 8.40 Å². The van der Waals surface area contributed by atoms with Gasteiger partial charge in [-0.15, -0.1) is 0 Å². The minimum atomic E-state index is -1.59. The first kappa shape index (κ1) is 16.3. The minimum absolute atomic E-state index is 0.549. The second-order valence-corrected chi connectivity index (χ2v) is 11.0. The number of rotatable bonds is 5. The summed E-state index contributed by atoms with van der Waals surface area (Å²) in [5, 5.41) is 0. The van der Waals surface area contributed by atoms with Crippen molar-refractivity contribution in [3.8, 4) is 0 Å². The van der Waals surface area contributed by atoms with E-state index in [1.54, 1.807) is 0 Å². The summed E-state index contributed by atoms with van der Waals surface area (Å²) in [5.41, 5.74) is 4.25. The van der Waals surface area contributed by atoms with Crippen LogP contribution in [0.1, 0.15) is 50.7 Å². The molecule has 0 aliphatic carbocycles. The first-order valence-electron chi connectivity index (χ1n) is 7.25. The van der Waals surface area contributed by atoms with E-state index in [4.69, 9.17) is 0 Å². The fraction of sp³-hybridized carbons (Fsp3) is 0.625. The average molecular weight is 279 g/mol. The zero-order valence-corrected chi connectivity index (χ0v) is 14.8. The SMILES string of the molecule is CC(C)c1cccc(C(C)C)c1N[Si](C)(C)N(C)C. The van der Waals surface area contributed by atoms with Gasteiger partial charge in [0.05, 0.1) is 0 Å². The van der Waals surface area contributed by atoms with E-state index in [-0.39, 0.29) is 0 Å². The fourth-order valence-corrected chi connectivity index (χ4v) is 3.24. The molecule has 0 bridgehead atoms. The van der Waals surface area contributed by atoms with Crippen LogP contribution in [0.2, 0.25) is 13.1 Å². The predicted molar refractivity (Wildman–Crippen MR) is 89.4 cm³/mol. The molecular formula is C16H30N2Si. The maximum Gasteiger partial charge on any atom is 0.226 e. The van der Waals surface area contributed by atoms with Gasteiger partial charge in [0.25, 0.3) is 0 Å². The van der Waals surface area contributed by atoms with Crippen LogP contribution in [0.3, 0.4) is 0 Å². The van der Waals surface area contributed by atoms with Crippen LogP contribution in [-0.4, -0.2) is 27.1 Å². The highest BCUT2D eigenvalue weighted by Crippen LogP contribution is 2.33. The minimum Gasteiger partial charge on any atom is -0.398 e. The molecule has 108 valence electrons. The van der Waals surface area contributed by atoms with Gasteiger partial charge in [0.15, 0.2) is 0 Å². The first-order valence-corrected chi connectivity index (χ1v) is 10.2. The zero-order valence-electron chi connectivity index (χ0n) is 13.8. The highest BCUT2D eigenvalue weighted by atomic mass is 28.3. The number of hydrogen-bond donors (Lipinski definition) is 1. The molecule has 0 heterocycles. The number of para-hydroxylation sites is 1. The van der Waals surface area contributed by atoms with E-state index in [1.165, 1.54) is 16.8 Å². The molecule has 0 saturated heterocycles. The normalized spacial score (nSPS) is 12.6. The predicted octanol–water partition coefficient (Wildman–Crippen LogP) is 4.61. The molecule has 3 heteroatoms. The molecule has 0 atom stereocenters. The first-order chi connectivity index (χ1) is 8.66. The summed E-state index contributed by atoms with van der Waals surface area (Å²) < 4.78 is 2.36. The van der Waals surface area contributed by atoms with Crippen molar-refractivity contribution in [2.24, 2.45) is 0 Å². The van der Waals surface area contributed by atoms with Gasteiger partial charge in [-0.1, -0.05) is 45.9 Å². The third-order valence-corrected chi connectivity index (χ3v) is 7.02. The molecule has 0 saturated carbocycles. The highest BCUT2D eigenvalue weighted by Gasteiger charge is 2.27. The van der Waals surface area contributed by atoms with E-state index in [1.807, 2.05) is 0 Å². The number of nitrogens with one attached hydrogen (secondary N) is 1. The second-order valence-electron chi connectivity index (χ2n) is 6.70. The molecule has 0 aromatic heterocycles. The quantitative estimate of drug-likeness (QED) is 0.791. The van der Waals surface area contributed by atoms with E-state index in [2.05, 4.69) is 82.6 Å². The Balaban J connectivity index is 3.30. The number of hydrogen-bond acceptors (Lipinski definition) is 2. The Morgan fingerprint density at radius 1 is 0.947 bits per heavy atom. The fourth-order valence-electron chi connectivity index (χ4n) is 2.11. The standard InChI is InChI=1S/C16H30N2Si/c1-12(2)14-10-9-11-15(13(3)4)16(14)17-19(7,8)18(5)6/h9-13,17H,1-8H3. The van der Waals surface area contributed by atoms with Gasteiger partial charge in [-0.05, 0) is 50.2 Å². The van der Waals surface area contributed by atoms with Crippen LogP contribution in [0.5, 0.6) is 0 Å². The zero-order chi connectivity index (χ0) is 14.8. The van der Waals surface area contributed by atoms with Gasteiger partial charge in [-0.25, -0.2) is 0 Å². The Hall–Kier alpha value is -0.803. The molecule has 0 amide bonds. The summed E-state index contributed by atoms with van der Waals surface area (Å²) in [6, 6.07) is 6.72. The summed E-state index contributed by atoms with van der Waals surface area (Å²) in [6.45, 7) is 13.8. The molecule has 0 unspecified atom stereocenters. The van der Waals surface area contributed by atoms with Crippen molar-refractivity contribution in [2.45, 2.75) is 52.6 Å². The van der Waals surface area contributed by atoms with Crippen molar-refractivity contribution >= 4 is 14.1 Å². The Labute approximate surface area is 120 Å². The molecule has 0 radical (unpaired) electrons. The van der Waals surface area contributed by atoms with E-state index < -0.39 is 8.40 Å². The molecule has 0 aliphatic heterocycles. The molecule has 1 N–H and O–H groups in total. The van der Waals surface area contributed by atoms with Crippen LogP contribution in [-0.2, 0) is 0 Å². The number of benzene rings is 1. The van der Waals surface area contributed by atoms with E-state index >= 15 is 0 Å². The summed E-state index contributed by atoms with van der Waals surface area (Å²) in [6.07, 6.45) is 0. The number of anilines is 1. The largest absolute Gasteiger partial charge is 0.398 e. The van der Waals surface area contributed by atoms with Crippen molar-refractivity contribution in [3.63, 3.8) is 0 Å². The summed E-state index contributed by atoms with van der Waals surface area (Å²) in [7, 11) is 2.75. The lowest BCUT2D eigenvalue weighted by atomic mass is 9.93. The Kier molecular flexibility index (Phi) is 5.22. The van der Waals surface area contributed by atoms with E-state index in [0.717, 1.165) is 0 Å². The van der Waals surface area contributed by atoms with Gasteiger partial charge >= 0.3 is 0 Å². The third-order valence-electron chi connectivity index (χ3n) is 3.92. The number of nitrogens with zero attached hydrogens (tertiary/aromatic N) is 1. The van der Waals surface area contributed by atoms with Crippen molar-refractivity contribution < 1.29 is 0 Å². The lowest BCUT2D eigenvalue weighted by molar-refractivity contribution is 0.626. The monoisotopic (exact) mass is 278 g/mol. The summed E-state index contributed by atoms with van der Waals surface area (Å²) in [4.78, 5) is 3.88. The van der Waals surface area contributed by atoms with Crippen LogP contribution in [0, 0.1) is 0 Å². The molecular weight excluding hydrogens is 248 g/mol. The molecule has 1 rings (SSSR count). The molecule has 1 aromatic carbocycles. The van der Waals surface area contributed by atoms with E-state index in [9.17, 15) is 0 Å². The average Bonchev–Trinajstić information content (AvgIpc) is 2.27. The molecule has 19 heavy (non-hydrogen) atoms. The maximum atomic E-state index is 3.88.